The summed E-state index contributed by atoms with van der Waals surface area (Å²) in [7, 11) is 0. The topological polar surface area (TPSA) is 99.8 Å². The van der Waals surface area contributed by atoms with Crippen LogP contribution in [0.25, 0.3) is 11.0 Å². The summed E-state index contributed by atoms with van der Waals surface area (Å²) in [4.78, 5) is 22.7. The van der Waals surface area contributed by atoms with Crippen LogP contribution in [0.2, 0.25) is 0 Å². The van der Waals surface area contributed by atoms with Crippen molar-refractivity contribution in [3.8, 4) is 5.75 Å². The molecule has 3 N–H and O–H groups in total. The van der Waals surface area contributed by atoms with Crippen LogP contribution in [0.4, 0.5) is 0 Å². The zero-order chi connectivity index (χ0) is 15.0. The number of fused-ring (bicyclic) bond motifs is 1. The SMILES string of the molecule is O=C(O)C(NCc1cc(=O)oc2cc(O)ccc12)C1CC1. The van der Waals surface area contributed by atoms with Crippen LogP contribution in [0, 0.1) is 5.92 Å². The Labute approximate surface area is 120 Å². The maximum atomic E-state index is 11.5. The van der Waals surface area contributed by atoms with Crippen molar-refractivity contribution >= 4 is 16.9 Å². The van der Waals surface area contributed by atoms with Crippen molar-refractivity contribution in [1.82, 2.24) is 5.32 Å². The predicted molar refractivity (Wildman–Crippen MR) is 75.1 cm³/mol. The summed E-state index contributed by atoms with van der Waals surface area (Å²) in [5.41, 5.74) is 0.425. The molecule has 6 heteroatoms. The van der Waals surface area contributed by atoms with Gasteiger partial charge >= 0.3 is 11.6 Å². The molecule has 0 aliphatic heterocycles. The average Bonchev–Trinajstić information content (AvgIpc) is 3.22. The zero-order valence-electron chi connectivity index (χ0n) is 11.2. The molecule has 0 bridgehead atoms. The van der Waals surface area contributed by atoms with Gasteiger partial charge in [0.2, 0.25) is 0 Å². The highest BCUT2D eigenvalue weighted by atomic mass is 16.4. The molecule has 0 amide bonds. The molecule has 1 aliphatic carbocycles. The highest BCUT2D eigenvalue weighted by Gasteiger charge is 2.35. The molecule has 1 unspecified atom stereocenters. The van der Waals surface area contributed by atoms with Gasteiger partial charge in [-0.3, -0.25) is 4.79 Å². The van der Waals surface area contributed by atoms with Crippen LogP contribution in [0.5, 0.6) is 5.75 Å². The van der Waals surface area contributed by atoms with Crippen LogP contribution in [0.1, 0.15) is 18.4 Å². The molecular weight excluding hydrogens is 274 g/mol. The van der Waals surface area contributed by atoms with Crippen molar-refractivity contribution in [2.24, 2.45) is 5.92 Å². The molecule has 2 aromatic rings. The lowest BCUT2D eigenvalue weighted by Crippen LogP contribution is -2.38. The van der Waals surface area contributed by atoms with E-state index >= 15 is 0 Å². The van der Waals surface area contributed by atoms with Gasteiger partial charge in [-0.05, 0) is 36.5 Å². The number of phenols is 1. The fourth-order valence-electron chi connectivity index (χ4n) is 2.47. The Bertz CT molecular complexity index is 747. The molecule has 0 spiro atoms. The molecule has 21 heavy (non-hydrogen) atoms. The van der Waals surface area contributed by atoms with Gasteiger partial charge < -0.3 is 19.9 Å². The molecule has 3 rings (SSSR count). The number of hydrogen-bond acceptors (Lipinski definition) is 5. The minimum Gasteiger partial charge on any atom is -0.508 e. The number of carboxylic acid groups (broad SMARTS) is 1. The van der Waals surface area contributed by atoms with Crippen LogP contribution in [-0.4, -0.2) is 22.2 Å². The molecular formula is C15H15NO5. The van der Waals surface area contributed by atoms with E-state index in [1.54, 1.807) is 6.07 Å². The number of benzene rings is 1. The van der Waals surface area contributed by atoms with E-state index in [4.69, 9.17) is 4.42 Å². The lowest BCUT2D eigenvalue weighted by molar-refractivity contribution is -0.140. The summed E-state index contributed by atoms with van der Waals surface area (Å²) in [5.74, 6) is -0.697. The number of aromatic hydroxyl groups is 1. The summed E-state index contributed by atoms with van der Waals surface area (Å²) in [6.07, 6.45) is 1.82. The molecule has 110 valence electrons. The molecule has 1 heterocycles. The number of hydrogen-bond donors (Lipinski definition) is 3. The predicted octanol–water partition coefficient (Wildman–Crippen LogP) is 1.45. The first-order valence-corrected chi connectivity index (χ1v) is 6.76. The zero-order valence-corrected chi connectivity index (χ0v) is 11.2. The summed E-state index contributed by atoms with van der Waals surface area (Å²) in [6, 6.07) is 5.27. The van der Waals surface area contributed by atoms with Crippen molar-refractivity contribution in [1.29, 1.82) is 0 Å². The van der Waals surface area contributed by atoms with E-state index in [-0.39, 0.29) is 23.8 Å². The number of aliphatic carboxylic acids is 1. The molecule has 1 saturated carbocycles. The first-order chi connectivity index (χ1) is 10.0. The number of carbonyl (C=O) groups is 1. The van der Waals surface area contributed by atoms with E-state index in [0.29, 0.717) is 10.9 Å². The third-order valence-corrected chi connectivity index (χ3v) is 3.69. The Morgan fingerprint density at radius 3 is 2.81 bits per heavy atom. The fourth-order valence-corrected chi connectivity index (χ4v) is 2.47. The average molecular weight is 289 g/mol. The van der Waals surface area contributed by atoms with E-state index in [1.165, 1.54) is 18.2 Å². The van der Waals surface area contributed by atoms with Crippen LogP contribution in [0.15, 0.2) is 33.5 Å². The van der Waals surface area contributed by atoms with Crippen LogP contribution >= 0.6 is 0 Å². The maximum Gasteiger partial charge on any atom is 0.336 e. The Hall–Kier alpha value is -2.34. The molecule has 1 fully saturated rings. The van der Waals surface area contributed by atoms with Crippen LogP contribution in [-0.2, 0) is 11.3 Å². The fraction of sp³-hybridized carbons (Fsp3) is 0.333. The van der Waals surface area contributed by atoms with E-state index in [1.807, 2.05) is 0 Å². The number of rotatable bonds is 5. The van der Waals surface area contributed by atoms with Crippen molar-refractivity contribution in [3.05, 3.63) is 40.2 Å². The van der Waals surface area contributed by atoms with Gasteiger partial charge in [-0.15, -0.1) is 0 Å². The highest BCUT2D eigenvalue weighted by molar-refractivity contribution is 5.81. The van der Waals surface area contributed by atoms with E-state index < -0.39 is 17.6 Å². The van der Waals surface area contributed by atoms with Crippen molar-refractivity contribution in [2.75, 3.05) is 0 Å². The van der Waals surface area contributed by atoms with Gasteiger partial charge in [-0.2, -0.15) is 0 Å². The van der Waals surface area contributed by atoms with Crippen LogP contribution < -0.4 is 10.9 Å². The third-order valence-electron chi connectivity index (χ3n) is 3.69. The monoisotopic (exact) mass is 289 g/mol. The summed E-state index contributed by atoms with van der Waals surface area (Å²) in [5, 5.41) is 22.3. The third kappa shape index (κ3) is 2.90. The Kier molecular flexibility index (Phi) is 3.39. The van der Waals surface area contributed by atoms with Gasteiger partial charge in [0, 0.05) is 24.1 Å². The molecule has 1 atom stereocenters. The second-order valence-corrected chi connectivity index (χ2v) is 5.31. The van der Waals surface area contributed by atoms with Gasteiger partial charge in [0.05, 0.1) is 0 Å². The van der Waals surface area contributed by atoms with Crippen molar-refractivity contribution in [3.63, 3.8) is 0 Å². The van der Waals surface area contributed by atoms with Gasteiger partial charge in [0.25, 0.3) is 0 Å². The Morgan fingerprint density at radius 2 is 2.14 bits per heavy atom. The smallest absolute Gasteiger partial charge is 0.336 e. The Balaban J connectivity index is 1.89. The largest absolute Gasteiger partial charge is 0.508 e. The van der Waals surface area contributed by atoms with Gasteiger partial charge in [0.15, 0.2) is 0 Å². The lowest BCUT2D eigenvalue weighted by atomic mass is 10.1. The van der Waals surface area contributed by atoms with E-state index in [0.717, 1.165) is 12.8 Å². The number of nitrogens with one attached hydrogen (secondary N) is 1. The van der Waals surface area contributed by atoms with E-state index in [9.17, 15) is 19.8 Å². The molecule has 6 nitrogen and oxygen atoms in total. The number of phenolic OH excluding ortho intramolecular Hbond substituents is 1. The molecule has 0 radical (unpaired) electrons. The molecule has 1 aliphatic rings. The summed E-state index contributed by atoms with van der Waals surface area (Å²) in [6.45, 7) is 0.264. The summed E-state index contributed by atoms with van der Waals surface area (Å²) >= 11 is 0. The second kappa shape index (κ2) is 5.21. The summed E-state index contributed by atoms with van der Waals surface area (Å²) < 4.78 is 5.04. The first-order valence-electron chi connectivity index (χ1n) is 6.76. The number of carboxylic acids is 1. The Morgan fingerprint density at radius 1 is 1.38 bits per heavy atom. The second-order valence-electron chi connectivity index (χ2n) is 5.31. The minimum atomic E-state index is -0.873. The van der Waals surface area contributed by atoms with Gasteiger partial charge in [0.1, 0.15) is 17.4 Å². The molecule has 1 aromatic heterocycles. The quantitative estimate of drug-likeness (QED) is 0.720. The van der Waals surface area contributed by atoms with Crippen molar-refractivity contribution < 1.29 is 19.4 Å². The molecule has 0 saturated heterocycles. The van der Waals surface area contributed by atoms with Crippen LogP contribution in [0.3, 0.4) is 0 Å². The standard InChI is InChI=1S/C15H15NO5/c17-10-3-4-11-9(5-13(18)21-12(11)6-10)7-16-14(15(19)20)8-1-2-8/h3-6,8,14,16-17H,1-2,7H2,(H,19,20). The van der Waals surface area contributed by atoms with E-state index in [2.05, 4.69) is 5.32 Å². The minimum absolute atomic E-state index is 0.0113. The normalized spacial score (nSPS) is 16.0. The first kappa shape index (κ1) is 13.6. The van der Waals surface area contributed by atoms with Gasteiger partial charge in [-0.25, -0.2) is 4.79 Å². The van der Waals surface area contributed by atoms with Crippen molar-refractivity contribution in [2.45, 2.75) is 25.4 Å². The molecule has 1 aromatic carbocycles. The lowest BCUT2D eigenvalue weighted by Gasteiger charge is -2.14. The highest BCUT2D eigenvalue weighted by Crippen LogP contribution is 2.33. The maximum absolute atomic E-state index is 11.5. The van der Waals surface area contributed by atoms with Gasteiger partial charge in [-0.1, -0.05) is 0 Å².